The maximum atomic E-state index is 13.8. The highest BCUT2D eigenvalue weighted by Gasteiger charge is 2.18. The summed E-state index contributed by atoms with van der Waals surface area (Å²) in [6, 6.07) is 7.12. The van der Waals surface area contributed by atoms with Gasteiger partial charge in [-0.05, 0) is 24.3 Å². The fourth-order valence-electron chi connectivity index (χ4n) is 1.99. The fraction of sp³-hybridized carbons (Fsp3) is 0.188. The minimum Gasteiger partial charge on any atom is -0.464 e. The Bertz CT molecular complexity index is 732. The van der Waals surface area contributed by atoms with E-state index in [1.54, 1.807) is 6.07 Å². The van der Waals surface area contributed by atoms with Gasteiger partial charge in [-0.2, -0.15) is 0 Å². The first-order chi connectivity index (χ1) is 10.9. The van der Waals surface area contributed by atoms with Gasteiger partial charge in [0.05, 0.1) is 7.11 Å². The molecular formula is C16H14ClFN2O3. The van der Waals surface area contributed by atoms with Gasteiger partial charge >= 0.3 is 5.97 Å². The number of benzene rings is 1. The van der Waals surface area contributed by atoms with Gasteiger partial charge in [0.25, 0.3) is 5.91 Å². The number of methoxy groups -OCH3 is 1. The molecule has 0 radical (unpaired) electrons. The Morgan fingerprint density at radius 1 is 1.35 bits per heavy atom. The lowest BCUT2D eigenvalue weighted by Crippen LogP contribution is -2.27. The number of hydrogen-bond acceptors (Lipinski definition) is 4. The van der Waals surface area contributed by atoms with Crippen molar-refractivity contribution in [3.63, 3.8) is 0 Å². The van der Waals surface area contributed by atoms with Crippen LogP contribution in [0.2, 0.25) is 5.02 Å². The number of nitrogens with zero attached hydrogens (tertiary/aromatic N) is 2. The van der Waals surface area contributed by atoms with Crippen LogP contribution < -0.4 is 0 Å². The van der Waals surface area contributed by atoms with Gasteiger partial charge in [-0.15, -0.1) is 0 Å². The van der Waals surface area contributed by atoms with E-state index in [4.69, 9.17) is 11.6 Å². The lowest BCUT2D eigenvalue weighted by molar-refractivity contribution is 0.0594. The van der Waals surface area contributed by atoms with E-state index < -0.39 is 17.7 Å². The second-order valence-electron chi connectivity index (χ2n) is 4.78. The van der Waals surface area contributed by atoms with Crippen LogP contribution in [0.3, 0.4) is 0 Å². The van der Waals surface area contributed by atoms with E-state index in [1.807, 2.05) is 0 Å². The summed E-state index contributed by atoms with van der Waals surface area (Å²) in [4.78, 5) is 29.0. The largest absolute Gasteiger partial charge is 0.464 e. The zero-order valence-corrected chi connectivity index (χ0v) is 13.3. The molecule has 0 aliphatic carbocycles. The van der Waals surface area contributed by atoms with Crippen LogP contribution in [0, 0.1) is 5.82 Å². The van der Waals surface area contributed by atoms with Crippen molar-refractivity contribution in [2.24, 2.45) is 0 Å². The molecule has 1 heterocycles. The second-order valence-corrected chi connectivity index (χ2v) is 5.19. The predicted octanol–water partition coefficient (Wildman–Crippen LogP) is 2.93. The van der Waals surface area contributed by atoms with Crippen LogP contribution in [-0.4, -0.2) is 35.9 Å². The van der Waals surface area contributed by atoms with Crippen LogP contribution in [0.1, 0.15) is 26.4 Å². The molecule has 0 saturated carbocycles. The zero-order chi connectivity index (χ0) is 17.0. The van der Waals surface area contributed by atoms with Gasteiger partial charge in [0, 0.05) is 35.9 Å². The number of rotatable bonds is 4. The van der Waals surface area contributed by atoms with E-state index >= 15 is 0 Å². The summed E-state index contributed by atoms with van der Waals surface area (Å²) in [5.74, 6) is -1.52. The van der Waals surface area contributed by atoms with E-state index in [9.17, 15) is 14.0 Å². The van der Waals surface area contributed by atoms with Gasteiger partial charge in [0.1, 0.15) is 11.5 Å². The molecule has 0 spiro atoms. The molecule has 0 fully saturated rings. The van der Waals surface area contributed by atoms with E-state index in [0.717, 1.165) is 0 Å². The van der Waals surface area contributed by atoms with E-state index in [2.05, 4.69) is 9.72 Å². The molecule has 5 nitrogen and oxygen atoms in total. The first-order valence-electron chi connectivity index (χ1n) is 6.66. The summed E-state index contributed by atoms with van der Waals surface area (Å²) in [7, 11) is 2.74. The molecular weight excluding hydrogens is 323 g/mol. The van der Waals surface area contributed by atoms with Crippen LogP contribution >= 0.6 is 11.6 Å². The Labute approximate surface area is 137 Å². The quantitative estimate of drug-likeness (QED) is 0.805. The third kappa shape index (κ3) is 3.84. The number of carbonyl (C=O) groups excluding carboxylic acids is 2. The molecule has 0 bridgehead atoms. The molecule has 23 heavy (non-hydrogen) atoms. The summed E-state index contributed by atoms with van der Waals surface area (Å²) in [6.45, 7) is 0.000219. The summed E-state index contributed by atoms with van der Waals surface area (Å²) in [6.07, 6.45) is 1.34. The molecule has 1 aromatic carbocycles. The molecule has 7 heteroatoms. The highest BCUT2D eigenvalue weighted by Crippen LogP contribution is 2.21. The van der Waals surface area contributed by atoms with Crippen molar-refractivity contribution in [2.75, 3.05) is 14.2 Å². The molecule has 0 unspecified atom stereocenters. The van der Waals surface area contributed by atoms with Crippen molar-refractivity contribution in [3.8, 4) is 0 Å². The van der Waals surface area contributed by atoms with Crippen LogP contribution in [0.5, 0.6) is 0 Å². The van der Waals surface area contributed by atoms with Gasteiger partial charge in [-0.1, -0.05) is 17.7 Å². The van der Waals surface area contributed by atoms with E-state index in [-0.39, 0.29) is 28.4 Å². The third-order valence-corrected chi connectivity index (χ3v) is 3.56. The van der Waals surface area contributed by atoms with Crippen LogP contribution in [-0.2, 0) is 11.3 Å². The van der Waals surface area contributed by atoms with Crippen molar-refractivity contribution in [1.82, 2.24) is 9.88 Å². The Morgan fingerprint density at radius 2 is 2.09 bits per heavy atom. The van der Waals surface area contributed by atoms with Crippen molar-refractivity contribution < 1.29 is 18.7 Å². The molecule has 2 rings (SSSR count). The fourth-order valence-corrected chi connectivity index (χ4v) is 2.22. The number of aromatic nitrogens is 1. The Hall–Kier alpha value is -2.47. The number of ether oxygens (including phenoxy) is 1. The van der Waals surface area contributed by atoms with Gasteiger partial charge in [0.2, 0.25) is 0 Å². The van der Waals surface area contributed by atoms with Crippen LogP contribution in [0.25, 0.3) is 0 Å². The standard InChI is InChI=1S/C16H14ClFN2O3/c1-20(9-11-12(17)4-3-5-13(11)18)15(21)10-6-7-19-14(8-10)16(22)23-2/h3-8H,9H2,1-2H3. The smallest absolute Gasteiger partial charge is 0.356 e. The summed E-state index contributed by atoms with van der Waals surface area (Å²) in [5, 5.41) is 0.245. The van der Waals surface area contributed by atoms with E-state index in [0.29, 0.717) is 0 Å². The van der Waals surface area contributed by atoms with Gasteiger partial charge in [0.15, 0.2) is 0 Å². The number of amides is 1. The maximum Gasteiger partial charge on any atom is 0.356 e. The maximum absolute atomic E-state index is 13.8. The molecule has 0 N–H and O–H groups in total. The first-order valence-corrected chi connectivity index (χ1v) is 7.04. The number of pyridine rings is 1. The summed E-state index contributed by atoms with van der Waals surface area (Å²) >= 11 is 5.96. The zero-order valence-electron chi connectivity index (χ0n) is 12.5. The Balaban J connectivity index is 2.22. The number of carbonyl (C=O) groups is 2. The number of hydrogen-bond donors (Lipinski definition) is 0. The minimum atomic E-state index is -0.639. The van der Waals surface area contributed by atoms with Gasteiger partial charge in [-0.25, -0.2) is 14.2 Å². The lowest BCUT2D eigenvalue weighted by Gasteiger charge is -2.18. The van der Waals surface area contributed by atoms with Gasteiger partial charge < -0.3 is 9.64 Å². The van der Waals surface area contributed by atoms with Crippen molar-refractivity contribution in [3.05, 3.63) is 64.2 Å². The first kappa shape index (κ1) is 16.9. The molecule has 1 aromatic heterocycles. The Kier molecular flexibility index (Phi) is 5.28. The molecule has 0 aliphatic heterocycles. The SMILES string of the molecule is COC(=O)c1cc(C(=O)N(C)Cc2c(F)cccc2Cl)ccn1. The highest BCUT2D eigenvalue weighted by atomic mass is 35.5. The predicted molar refractivity (Wildman–Crippen MR) is 82.8 cm³/mol. The molecule has 0 atom stereocenters. The molecule has 2 aromatic rings. The number of esters is 1. The average Bonchev–Trinajstić information content (AvgIpc) is 2.56. The second kappa shape index (κ2) is 7.19. The van der Waals surface area contributed by atoms with Crippen molar-refractivity contribution >= 4 is 23.5 Å². The van der Waals surface area contributed by atoms with Gasteiger partial charge in [-0.3, -0.25) is 4.79 Å². The topological polar surface area (TPSA) is 59.5 Å². The normalized spacial score (nSPS) is 10.3. The Morgan fingerprint density at radius 3 is 2.74 bits per heavy atom. The average molecular weight is 337 g/mol. The van der Waals surface area contributed by atoms with Crippen molar-refractivity contribution in [1.29, 1.82) is 0 Å². The minimum absolute atomic E-state index is 0.000219. The molecule has 1 amide bonds. The monoisotopic (exact) mass is 336 g/mol. The lowest BCUT2D eigenvalue weighted by atomic mass is 10.1. The molecule has 120 valence electrons. The van der Waals surface area contributed by atoms with Crippen molar-refractivity contribution in [2.45, 2.75) is 6.54 Å². The van der Waals surface area contributed by atoms with E-state index in [1.165, 1.54) is 49.5 Å². The summed E-state index contributed by atoms with van der Waals surface area (Å²) in [5.41, 5.74) is 0.498. The third-order valence-electron chi connectivity index (χ3n) is 3.21. The molecule has 0 saturated heterocycles. The van der Waals surface area contributed by atoms with Crippen LogP contribution in [0.15, 0.2) is 36.5 Å². The number of halogens is 2. The highest BCUT2D eigenvalue weighted by molar-refractivity contribution is 6.31. The molecule has 0 aliphatic rings. The van der Waals surface area contributed by atoms with Crippen LogP contribution in [0.4, 0.5) is 4.39 Å². The summed E-state index contributed by atoms with van der Waals surface area (Å²) < 4.78 is 18.4.